The molecule has 0 aliphatic carbocycles. The molecule has 0 bridgehead atoms. The van der Waals surface area contributed by atoms with Gasteiger partial charge in [-0.25, -0.2) is 0 Å². The number of aliphatic hydroxyl groups excluding tert-OH is 1. The Hall–Kier alpha value is -2.66. The highest BCUT2D eigenvalue weighted by molar-refractivity contribution is 5.79. The van der Waals surface area contributed by atoms with E-state index in [0.717, 1.165) is 22.3 Å². The second-order valence-electron chi connectivity index (χ2n) is 6.58. The van der Waals surface area contributed by atoms with E-state index in [1.54, 1.807) is 4.90 Å². The zero-order chi connectivity index (χ0) is 19.6. The highest BCUT2D eigenvalue weighted by Gasteiger charge is 2.16. The Kier molecular flexibility index (Phi) is 8.01. The number of benzene rings is 2. The van der Waals surface area contributed by atoms with Crippen LogP contribution in [-0.2, 0) is 33.9 Å². The first-order valence-corrected chi connectivity index (χ1v) is 9.11. The van der Waals surface area contributed by atoms with Crippen LogP contribution in [0.25, 0.3) is 0 Å². The molecule has 27 heavy (non-hydrogen) atoms. The summed E-state index contributed by atoms with van der Waals surface area (Å²) in [7, 11) is 1.37. The topological polar surface area (TPSA) is 66.8 Å². The lowest BCUT2D eigenvalue weighted by Gasteiger charge is -2.23. The molecule has 5 heteroatoms. The molecule has 1 amide bonds. The van der Waals surface area contributed by atoms with Gasteiger partial charge >= 0.3 is 5.97 Å². The van der Waals surface area contributed by atoms with Gasteiger partial charge in [0.05, 0.1) is 20.1 Å². The zero-order valence-corrected chi connectivity index (χ0v) is 16.0. The first-order chi connectivity index (χ1) is 13.0. The Morgan fingerprint density at radius 2 is 1.81 bits per heavy atom. The lowest BCUT2D eigenvalue weighted by atomic mass is 10.0. The highest BCUT2D eigenvalue weighted by Crippen LogP contribution is 2.14. The van der Waals surface area contributed by atoms with Gasteiger partial charge in [-0.15, -0.1) is 0 Å². The first kappa shape index (κ1) is 20.6. The maximum Gasteiger partial charge on any atom is 0.305 e. The molecule has 2 aromatic carbocycles. The van der Waals surface area contributed by atoms with Gasteiger partial charge < -0.3 is 14.7 Å². The summed E-state index contributed by atoms with van der Waals surface area (Å²) < 4.78 is 4.68. The number of nitrogens with zero attached hydrogens (tertiary/aromatic N) is 1. The van der Waals surface area contributed by atoms with Crippen molar-refractivity contribution in [3.05, 3.63) is 70.8 Å². The minimum absolute atomic E-state index is 0.00623. The molecule has 0 fully saturated rings. The van der Waals surface area contributed by atoms with Crippen LogP contribution in [0.3, 0.4) is 0 Å². The van der Waals surface area contributed by atoms with Gasteiger partial charge in [0.1, 0.15) is 0 Å². The lowest BCUT2D eigenvalue weighted by molar-refractivity contribution is -0.141. The molecule has 2 rings (SSSR count). The molecule has 0 heterocycles. The van der Waals surface area contributed by atoms with Crippen LogP contribution in [0.5, 0.6) is 0 Å². The first-order valence-electron chi connectivity index (χ1n) is 9.11. The van der Waals surface area contributed by atoms with E-state index in [1.165, 1.54) is 7.11 Å². The number of carbonyl (C=O) groups is 2. The Balaban J connectivity index is 2.06. The minimum Gasteiger partial charge on any atom is -0.469 e. The average Bonchev–Trinajstić information content (AvgIpc) is 2.68. The Labute approximate surface area is 160 Å². The van der Waals surface area contributed by atoms with E-state index in [1.807, 2.05) is 55.5 Å². The zero-order valence-electron chi connectivity index (χ0n) is 16.0. The van der Waals surface area contributed by atoms with Crippen LogP contribution in [0.1, 0.15) is 35.1 Å². The molecule has 0 spiro atoms. The molecular weight excluding hydrogens is 342 g/mol. The molecule has 144 valence electrons. The number of amides is 1. The van der Waals surface area contributed by atoms with Crippen LogP contribution < -0.4 is 0 Å². The van der Waals surface area contributed by atoms with Gasteiger partial charge in [-0.2, -0.15) is 0 Å². The fourth-order valence-corrected chi connectivity index (χ4v) is 2.94. The summed E-state index contributed by atoms with van der Waals surface area (Å²) in [6.45, 7) is 2.93. The van der Waals surface area contributed by atoms with Crippen molar-refractivity contribution in [1.29, 1.82) is 0 Å². The molecule has 1 N–H and O–H groups in total. The number of ether oxygens (including phenoxy) is 1. The predicted octanol–water partition coefficient (Wildman–Crippen LogP) is 3.01. The fraction of sp³-hybridized carbons (Fsp3) is 0.364. The molecule has 0 aromatic heterocycles. The van der Waals surface area contributed by atoms with Crippen molar-refractivity contribution < 1.29 is 19.4 Å². The van der Waals surface area contributed by atoms with Crippen molar-refractivity contribution in [3.8, 4) is 0 Å². The van der Waals surface area contributed by atoms with Gasteiger partial charge in [-0.3, -0.25) is 9.59 Å². The summed E-state index contributed by atoms with van der Waals surface area (Å²) in [5.41, 5.74) is 3.81. The van der Waals surface area contributed by atoms with Crippen LogP contribution in [-0.4, -0.2) is 35.5 Å². The second kappa shape index (κ2) is 10.5. The number of aryl methyl sites for hydroxylation is 1. The number of carbonyl (C=O) groups excluding carboxylic acids is 2. The van der Waals surface area contributed by atoms with Crippen LogP contribution in [0.4, 0.5) is 0 Å². The third-order valence-electron chi connectivity index (χ3n) is 4.54. The normalized spacial score (nSPS) is 10.5. The summed E-state index contributed by atoms with van der Waals surface area (Å²) in [5, 5.41) is 9.29. The molecule has 0 radical (unpaired) electrons. The monoisotopic (exact) mass is 369 g/mol. The van der Waals surface area contributed by atoms with E-state index >= 15 is 0 Å². The van der Waals surface area contributed by atoms with E-state index in [-0.39, 0.29) is 24.9 Å². The number of hydrogen-bond donors (Lipinski definition) is 1. The summed E-state index contributed by atoms with van der Waals surface area (Å²) >= 11 is 0. The molecular formula is C22H27NO4. The lowest BCUT2D eigenvalue weighted by Crippen LogP contribution is -2.33. The SMILES string of the molecule is COC(=O)CCCN(Cc1ccccc1)C(=O)Cc1ccc(CO)c(C)c1. The third kappa shape index (κ3) is 6.53. The third-order valence-corrected chi connectivity index (χ3v) is 4.54. The van der Waals surface area contributed by atoms with Crippen molar-refractivity contribution in [3.63, 3.8) is 0 Å². The summed E-state index contributed by atoms with van der Waals surface area (Å²) in [5.74, 6) is -0.253. The minimum atomic E-state index is -0.266. The van der Waals surface area contributed by atoms with Crippen LogP contribution >= 0.6 is 0 Å². The molecule has 2 aromatic rings. The van der Waals surface area contributed by atoms with Gasteiger partial charge in [-0.05, 0) is 35.6 Å². The molecule has 0 atom stereocenters. The van der Waals surface area contributed by atoms with Crippen molar-refractivity contribution >= 4 is 11.9 Å². The molecule has 0 aliphatic heterocycles. The van der Waals surface area contributed by atoms with Crippen molar-refractivity contribution in [2.24, 2.45) is 0 Å². The van der Waals surface area contributed by atoms with E-state index in [0.29, 0.717) is 25.9 Å². The van der Waals surface area contributed by atoms with Crippen molar-refractivity contribution in [2.75, 3.05) is 13.7 Å². The molecule has 0 saturated carbocycles. The summed E-state index contributed by atoms with van der Waals surface area (Å²) in [4.78, 5) is 26.0. The van der Waals surface area contributed by atoms with Crippen LogP contribution in [0.2, 0.25) is 0 Å². The largest absolute Gasteiger partial charge is 0.469 e. The number of methoxy groups -OCH3 is 1. The maximum atomic E-state index is 12.9. The van der Waals surface area contributed by atoms with Gasteiger partial charge in [-0.1, -0.05) is 48.5 Å². The Bertz CT molecular complexity index is 758. The van der Waals surface area contributed by atoms with Gasteiger partial charge in [0.25, 0.3) is 0 Å². The van der Waals surface area contributed by atoms with Gasteiger partial charge in [0, 0.05) is 19.5 Å². The van der Waals surface area contributed by atoms with Gasteiger partial charge in [0.2, 0.25) is 5.91 Å². The quantitative estimate of drug-likeness (QED) is 0.690. The molecule has 0 unspecified atom stereocenters. The Morgan fingerprint density at radius 3 is 2.44 bits per heavy atom. The number of rotatable bonds is 9. The number of aliphatic hydroxyl groups is 1. The maximum absolute atomic E-state index is 12.9. The van der Waals surface area contributed by atoms with E-state index in [2.05, 4.69) is 4.74 Å². The summed E-state index contributed by atoms with van der Waals surface area (Å²) in [6, 6.07) is 15.5. The van der Waals surface area contributed by atoms with Gasteiger partial charge in [0.15, 0.2) is 0 Å². The highest BCUT2D eigenvalue weighted by atomic mass is 16.5. The molecule has 5 nitrogen and oxygen atoms in total. The number of esters is 1. The number of hydrogen-bond acceptors (Lipinski definition) is 4. The molecule has 0 aliphatic rings. The average molecular weight is 369 g/mol. The smallest absolute Gasteiger partial charge is 0.305 e. The van der Waals surface area contributed by atoms with E-state index in [9.17, 15) is 14.7 Å². The summed E-state index contributed by atoms with van der Waals surface area (Å²) in [6.07, 6.45) is 1.14. The van der Waals surface area contributed by atoms with Crippen molar-refractivity contribution in [2.45, 2.75) is 39.3 Å². The predicted molar refractivity (Wildman–Crippen MR) is 104 cm³/mol. The van der Waals surface area contributed by atoms with E-state index < -0.39 is 0 Å². The molecule has 0 saturated heterocycles. The van der Waals surface area contributed by atoms with Crippen LogP contribution in [0, 0.1) is 6.92 Å². The fourth-order valence-electron chi connectivity index (χ4n) is 2.94. The van der Waals surface area contributed by atoms with E-state index in [4.69, 9.17) is 0 Å². The van der Waals surface area contributed by atoms with Crippen molar-refractivity contribution in [1.82, 2.24) is 4.90 Å². The second-order valence-corrected chi connectivity index (χ2v) is 6.58. The van der Waals surface area contributed by atoms with Crippen LogP contribution in [0.15, 0.2) is 48.5 Å². The standard InChI is InChI=1S/C22H27NO4/c1-17-13-19(10-11-20(17)16-24)14-21(25)23(12-6-9-22(26)27-2)15-18-7-4-3-5-8-18/h3-5,7-8,10-11,13,24H,6,9,12,14-16H2,1-2H3. The Morgan fingerprint density at radius 1 is 1.07 bits per heavy atom.